The average molecular weight is 326 g/mol. The molecule has 0 saturated carbocycles. The quantitative estimate of drug-likeness (QED) is 0.902. The van der Waals surface area contributed by atoms with Gasteiger partial charge in [-0.05, 0) is 17.7 Å². The van der Waals surface area contributed by atoms with Crippen molar-refractivity contribution in [1.29, 1.82) is 0 Å². The Morgan fingerprint density at radius 1 is 1.13 bits per heavy atom. The van der Waals surface area contributed by atoms with Crippen LogP contribution in [-0.4, -0.2) is 18.2 Å². The van der Waals surface area contributed by atoms with Crippen molar-refractivity contribution in [1.82, 2.24) is 0 Å². The predicted octanol–water partition coefficient (Wildman–Crippen LogP) is 3.99. The standard InChI is InChI=1S/C16H13F3O4/c1-22-13-8-12(16(17,18)19)11(15(20)21)7-14(13)23-9-10-5-3-2-4-6-10/h2-8H,9H2,1H3,(H,20,21). The minimum Gasteiger partial charge on any atom is -0.493 e. The lowest BCUT2D eigenvalue weighted by Gasteiger charge is -2.16. The summed E-state index contributed by atoms with van der Waals surface area (Å²) < 4.78 is 49.1. The predicted molar refractivity (Wildman–Crippen MR) is 75.7 cm³/mol. The number of alkyl halides is 3. The monoisotopic (exact) mass is 326 g/mol. The van der Waals surface area contributed by atoms with Gasteiger partial charge in [-0.2, -0.15) is 13.2 Å². The lowest BCUT2D eigenvalue weighted by atomic mass is 10.1. The molecular weight excluding hydrogens is 313 g/mol. The second kappa shape index (κ2) is 6.60. The molecule has 0 saturated heterocycles. The van der Waals surface area contributed by atoms with Gasteiger partial charge in [0.25, 0.3) is 0 Å². The smallest absolute Gasteiger partial charge is 0.417 e. The van der Waals surface area contributed by atoms with Crippen LogP contribution in [-0.2, 0) is 12.8 Å². The molecule has 0 amide bonds. The van der Waals surface area contributed by atoms with E-state index in [-0.39, 0.29) is 18.1 Å². The van der Waals surface area contributed by atoms with Crippen molar-refractivity contribution >= 4 is 5.97 Å². The minimum absolute atomic E-state index is 0.0678. The largest absolute Gasteiger partial charge is 0.493 e. The van der Waals surface area contributed by atoms with Gasteiger partial charge in [0.2, 0.25) is 0 Å². The Bertz CT molecular complexity index is 696. The van der Waals surface area contributed by atoms with Crippen molar-refractivity contribution in [2.75, 3.05) is 7.11 Å². The molecule has 0 aromatic heterocycles. The molecule has 0 fully saturated rings. The number of halogens is 3. The van der Waals surface area contributed by atoms with Gasteiger partial charge in [0.15, 0.2) is 11.5 Å². The molecule has 0 aliphatic rings. The third-order valence-electron chi connectivity index (χ3n) is 3.08. The van der Waals surface area contributed by atoms with E-state index in [0.717, 1.165) is 11.6 Å². The number of rotatable bonds is 5. The summed E-state index contributed by atoms with van der Waals surface area (Å²) in [6, 6.07) is 10.4. The second-order valence-corrected chi connectivity index (χ2v) is 4.63. The van der Waals surface area contributed by atoms with Gasteiger partial charge in [-0.3, -0.25) is 0 Å². The molecule has 0 aliphatic heterocycles. The summed E-state index contributed by atoms with van der Waals surface area (Å²) in [5.41, 5.74) is -1.39. The highest BCUT2D eigenvalue weighted by molar-refractivity contribution is 5.90. The third kappa shape index (κ3) is 3.94. The van der Waals surface area contributed by atoms with Crippen molar-refractivity contribution < 1.29 is 32.5 Å². The van der Waals surface area contributed by atoms with Crippen LogP contribution in [0.5, 0.6) is 11.5 Å². The molecule has 0 atom stereocenters. The molecule has 0 spiro atoms. The first-order valence-corrected chi connectivity index (χ1v) is 6.52. The molecule has 2 rings (SSSR count). The molecule has 0 radical (unpaired) electrons. The van der Waals surface area contributed by atoms with E-state index in [1.807, 2.05) is 6.07 Å². The number of ether oxygens (including phenoxy) is 2. The molecule has 2 aromatic carbocycles. The number of methoxy groups -OCH3 is 1. The van der Waals surface area contributed by atoms with E-state index in [9.17, 15) is 18.0 Å². The molecule has 0 bridgehead atoms. The van der Waals surface area contributed by atoms with Crippen LogP contribution in [0, 0.1) is 0 Å². The highest BCUT2D eigenvalue weighted by Gasteiger charge is 2.37. The van der Waals surface area contributed by atoms with Crippen molar-refractivity contribution in [2.45, 2.75) is 12.8 Å². The fourth-order valence-corrected chi connectivity index (χ4v) is 1.98. The van der Waals surface area contributed by atoms with Crippen LogP contribution in [0.25, 0.3) is 0 Å². The third-order valence-corrected chi connectivity index (χ3v) is 3.08. The van der Waals surface area contributed by atoms with Gasteiger partial charge in [0.05, 0.1) is 18.2 Å². The van der Waals surface area contributed by atoms with Crippen LogP contribution in [0.2, 0.25) is 0 Å². The van der Waals surface area contributed by atoms with Gasteiger partial charge in [-0.15, -0.1) is 0 Å². The van der Waals surface area contributed by atoms with E-state index in [1.165, 1.54) is 7.11 Å². The lowest BCUT2D eigenvalue weighted by molar-refractivity contribution is -0.138. The number of aromatic carboxylic acids is 1. The topological polar surface area (TPSA) is 55.8 Å². The zero-order chi connectivity index (χ0) is 17.0. The zero-order valence-electron chi connectivity index (χ0n) is 12.1. The number of carbonyl (C=O) groups is 1. The summed E-state index contributed by atoms with van der Waals surface area (Å²) >= 11 is 0. The van der Waals surface area contributed by atoms with Gasteiger partial charge in [0.1, 0.15) is 6.61 Å². The fourth-order valence-electron chi connectivity index (χ4n) is 1.98. The van der Waals surface area contributed by atoms with Crippen LogP contribution in [0.1, 0.15) is 21.5 Å². The van der Waals surface area contributed by atoms with Gasteiger partial charge in [-0.1, -0.05) is 30.3 Å². The second-order valence-electron chi connectivity index (χ2n) is 4.63. The molecule has 1 N–H and O–H groups in total. The molecule has 7 heteroatoms. The van der Waals surface area contributed by atoms with E-state index >= 15 is 0 Å². The Morgan fingerprint density at radius 3 is 2.30 bits per heavy atom. The Labute approximate surface area is 130 Å². The van der Waals surface area contributed by atoms with Crippen molar-refractivity contribution in [2.24, 2.45) is 0 Å². The SMILES string of the molecule is COc1cc(C(F)(F)F)c(C(=O)O)cc1OCc1ccccc1. The molecular formula is C16H13F3O4. The molecule has 0 unspecified atom stereocenters. The maximum atomic E-state index is 12.9. The molecule has 122 valence electrons. The van der Waals surface area contributed by atoms with E-state index in [4.69, 9.17) is 14.6 Å². The van der Waals surface area contributed by atoms with Crippen molar-refractivity contribution in [3.8, 4) is 11.5 Å². The Kier molecular flexibility index (Phi) is 4.78. The van der Waals surface area contributed by atoms with E-state index in [1.54, 1.807) is 24.3 Å². The van der Waals surface area contributed by atoms with Crippen LogP contribution in [0.4, 0.5) is 13.2 Å². The number of hydrogen-bond donors (Lipinski definition) is 1. The van der Waals surface area contributed by atoms with Gasteiger partial charge in [-0.25, -0.2) is 4.79 Å². The van der Waals surface area contributed by atoms with E-state index < -0.39 is 23.3 Å². The van der Waals surface area contributed by atoms with Crippen molar-refractivity contribution in [3.63, 3.8) is 0 Å². The summed E-state index contributed by atoms with van der Waals surface area (Å²) in [4.78, 5) is 11.1. The lowest BCUT2D eigenvalue weighted by Crippen LogP contribution is -2.14. The molecule has 0 heterocycles. The number of carboxylic acid groups (broad SMARTS) is 1. The number of benzene rings is 2. The highest BCUT2D eigenvalue weighted by atomic mass is 19.4. The normalized spacial score (nSPS) is 11.1. The maximum absolute atomic E-state index is 12.9. The van der Waals surface area contributed by atoms with E-state index in [2.05, 4.69) is 0 Å². The summed E-state index contributed by atoms with van der Waals surface area (Å²) in [7, 11) is 1.19. The van der Waals surface area contributed by atoms with Crippen LogP contribution >= 0.6 is 0 Å². The molecule has 0 aliphatic carbocycles. The fraction of sp³-hybridized carbons (Fsp3) is 0.188. The summed E-state index contributed by atoms with van der Waals surface area (Å²) in [6.45, 7) is 0.0711. The summed E-state index contributed by atoms with van der Waals surface area (Å²) in [6.07, 6.45) is -4.81. The zero-order valence-corrected chi connectivity index (χ0v) is 12.1. The number of hydrogen-bond acceptors (Lipinski definition) is 3. The molecule has 2 aromatic rings. The Morgan fingerprint density at radius 2 is 1.78 bits per heavy atom. The summed E-state index contributed by atoms with van der Waals surface area (Å²) in [5.74, 6) is -1.94. The first-order chi connectivity index (χ1) is 10.8. The van der Waals surface area contributed by atoms with Crippen LogP contribution in [0.15, 0.2) is 42.5 Å². The number of carboxylic acids is 1. The van der Waals surface area contributed by atoms with E-state index in [0.29, 0.717) is 6.07 Å². The van der Waals surface area contributed by atoms with Crippen molar-refractivity contribution in [3.05, 3.63) is 59.2 Å². The summed E-state index contributed by atoms with van der Waals surface area (Å²) in [5, 5.41) is 9.01. The van der Waals surface area contributed by atoms with Gasteiger partial charge < -0.3 is 14.6 Å². The average Bonchev–Trinajstić information content (AvgIpc) is 2.52. The van der Waals surface area contributed by atoms with Crippen LogP contribution < -0.4 is 9.47 Å². The highest BCUT2D eigenvalue weighted by Crippen LogP contribution is 2.39. The molecule has 4 nitrogen and oxygen atoms in total. The Balaban J connectivity index is 2.39. The Hall–Kier alpha value is -2.70. The first kappa shape index (κ1) is 16.7. The molecule has 23 heavy (non-hydrogen) atoms. The maximum Gasteiger partial charge on any atom is 0.417 e. The van der Waals surface area contributed by atoms with Crippen LogP contribution in [0.3, 0.4) is 0 Å². The van der Waals surface area contributed by atoms with Gasteiger partial charge >= 0.3 is 12.1 Å². The minimum atomic E-state index is -4.81. The van der Waals surface area contributed by atoms with Gasteiger partial charge in [0, 0.05) is 0 Å². The first-order valence-electron chi connectivity index (χ1n) is 6.52.